The standard InChI is InChI=1S/C18H33N5O2/c1-4-19-18(20-8-5-6-16-12-21-22(2)13-16)23-9-7-17(14-23)15-25-11-10-24-3/h12-13,17H,4-11,14-15H2,1-3H3,(H,19,20). The summed E-state index contributed by atoms with van der Waals surface area (Å²) in [4.78, 5) is 7.16. The van der Waals surface area contributed by atoms with E-state index in [1.807, 2.05) is 17.9 Å². The second kappa shape index (κ2) is 11.1. The van der Waals surface area contributed by atoms with Gasteiger partial charge >= 0.3 is 0 Å². The molecule has 0 spiro atoms. The first-order valence-corrected chi connectivity index (χ1v) is 9.30. The maximum Gasteiger partial charge on any atom is 0.193 e. The molecule has 0 aliphatic carbocycles. The SMILES string of the molecule is CCNC(=NCCCc1cnn(C)c1)N1CCC(COCCOC)C1. The average molecular weight is 351 g/mol. The minimum atomic E-state index is 0.580. The molecular weight excluding hydrogens is 318 g/mol. The summed E-state index contributed by atoms with van der Waals surface area (Å²) in [7, 11) is 3.65. The number of ether oxygens (including phenoxy) is 2. The van der Waals surface area contributed by atoms with Gasteiger partial charge in [0.1, 0.15) is 0 Å². The summed E-state index contributed by atoms with van der Waals surface area (Å²) in [5.74, 6) is 1.61. The molecule has 1 aromatic rings. The number of aryl methyl sites for hydroxylation is 2. The second-order valence-corrected chi connectivity index (χ2v) is 6.53. The smallest absolute Gasteiger partial charge is 0.193 e. The molecule has 2 heterocycles. The second-order valence-electron chi connectivity index (χ2n) is 6.53. The Morgan fingerprint density at radius 3 is 3.04 bits per heavy atom. The highest BCUT2D eigenvalue weighted by atomic mass is 16.5. The normalized spacial score (nSPS) is 18.1. The van der Waals surface area contributed by atoms with E-state index in [0.717, 1.165) is 58.0 Å². The summed E-state index contributed by atoms with van der Waals surface area (Å²) in [6.45, 7) is 8.06. The number of rotatable bonds is 10. The van der Waals surface area contributed by atoms with Crippen LogP contribution in [0.2, 0.25) is 0 Å². The van der Waals surface area contributed by atoms with Gasteiger partial charge in [-0.15, -0.1) is 0 Å². The van der Waals surface area contributed by atoms with Crippen molar-refractivity contribution in [2.24, 2.45) is 18.0 Å². The van der Waals surface area contributed by atoms with Crippen LogP contribution in [0.5, 0.6) is 0 Å². The van der Waals surface area contributed by atoms with Crippen LogP contribution in [0.1, 0.15) is 25.3 Å². The van der Waals surface area contributed by atoms with E-state index in [0.29, 0.717) is 19.1 Å². The van der Waals surface area contributed by atoms with Crippen molar-refractivity contribution >= 4 is 5.96 Å². The molecule has 2 rings (SSSR count). The number of nitrogens with one attached hydrogen (secondary N) is 1. The number of methoxy groups -OCH3 is 1. The van der Waals surface area contributed by atoms with E-state index in [1.165, 1.54) is 5.56 Å². The Bertz CT molecular complexity index is 517. The number of hydrogen-bond donors (Lipinski definition) is 1. The van der Waals surface area contributed by atoms with Crippen LogP contribution in [-0.4, -0.2) is 73.7 Å². The minimum absolute atomic E-state index is 0.580. The fraction of sp³-hybridized carbons (Fsp3) is 0.778. The molecule has 1 atom stereocenters. The largest absolute Gasteiger partial charge is 0.382 e. The molecule has 1 N–H and O–H groups in total. The summed E-state index contributed by atoms with van der Waals surface area (Å²) in [5.41, 5.74) is 1.28. The van der Waals surface area contributed by atoms with Gasteiger partial charge in [-0.25, -0.2) is 0 Å². The molecule has 0 radical (unpaired) electrons. The number of hydrogen-bond acceptors (Lipinski definition) is 4. The van der Waals surface area contributed by atoms with Crippen LogP contribution in [0.3, 0.4) is 0 Å². The molecule has 1 aliphatic heterocycles. The van der Waals surface area contributed by atoms with Gasteiger partial charge in [-0.2, -0.15) is 5.10 Å². The number of nitrogens with zero attached hydrogens (tertiary/aromatic N) is 4. The van der Waals surface area contributed by atoms with E-state index in [1.54, 1.807) is 7.11 Å². The molecule has 1 aliphatic rings. The van der Waals surface area contributed by atoms with Gasteiger partial charge in [0.25, 0.3) is 0 Å². The van der Waals surface area contributed by atoms with E-state index < -0.39 is 0 Å². The Morgan fingerprint density at radius 1 is 1.44 bits per heavy atom. The molecule has 142 valence electrons. The van der Waals surface area contributed by atoms with Crippen molar-refractivity contribution in [3.8, 4) is 0 Å². The zero-order valence-corrected chi connectivity index (χ0v) is 15.9. The van der Waals surface area contributed by atoms with Gasteiger partial charge in [-0.3, -0.25) is 9.67 Å². The Balaban J connectivity index is 1.73. The lowest BCUT2D eigenvalue weighted by molar-refractivity contribution is 0.0536. The van der Waals surface area contributed by atoms with Crippen molar-refractivity contribution in [2.45, 2.75) is 26.2 Å². The lowest BCUT2D eigenvalue weighted by Crippen LogP contribution is -2.40. The first-order chi connectivity index (χ1) is 12.2. The van der Waals surface area contributed by atoms with Crippen LogP contribution in [0, 0.1) is 5.92 Å². The van der Waals surface area contributed by atoms with Crippen molar-refractivity contribution in [1.29, 1.82) is 0 Å². The molecule has 1 fully saturated rings. The number of guanidine groups is 1. The first-order valence-electron chi connectivity index (χ1n) is 9.30. The quantitative estimate of drug-likeness (QED) is 0.391. The van der Waals surface area contributed by atoms with Crippen molar-refractivity contribution in [3.63, 3.8) is 0 Å². The van der Waals surface area contributed by atoms with E-state index in [9.17, 15) is 0 Å². The maximum atomic E-state index is 5.68. The molecule has 0 amide bonds. The average Bonchev–Trinajstić information content (AvgIpc) is 3.24. The summed E-state index contributed by atoms with van der Waals surface area (Å²) < 4.78 is 12.5. The molecular formula is C18H33N5O2. The van der Waals surface area contributed by atoms with Crippen LogP contribution in [0.15, 0.2) is 17.4 Å². The summed E-state index contributed by atoms with van der Waals surface area (Å²) in [5, 5.41) is 7.63. The van der Waals surface area contributed by atoms with E-state index in [2.05, 4.69) is 28.4 Å². The molecule has 7 nitrogen and oxygen atoms in total. The molecule has 1 saturated heterocycles. The zero-order valence-electron chi connectivity index (χ0n) is 15.9. The zero-order chi connectivity index (χ0) is 17.9. The Labute approximate surface area is 151 Å². The van der Waals surface area contributed by atoms with Crippen LogP contribution in [0.4, 0.5) is 0 Å². The third-order valence-corrected chi connectivity index (χ3v) is 4.35. The van der Waals surface area contributed by atoms with Crippen LogP contribution in [-0.2, 0) is 22.9 Å². The molecule has 1 unspecified atom stereocenters. The van der Waals surface area contributed by atoms with Crippen molar-refractivity contribution in [3.05, 3.63) is 18.0 Å². The van der Waals surface area contributed by atoms with Crippen LogP contribution >= 0.6 is 0 Å². The van der Waals surface area contributed by atoms with Gasteiger partial charge < -0.3 is 19.7 Å². The minimum Gasteiger partial charge on any atom is -0.382 e. The van der Waals surface area contributed by atoms with Crippen LogP contribution < -0.4 is 5.32 Å². The maximum absolute atomic E-state index is 5.68. The van der Waals surface area contributed by atoms with Crippen molar-refractivity contribution in [1.82, 2.24) is 20.0 Å². The van der Waals surface area contributed by atoms with Gasteiger partial charge in [0.05, 0.1) is 26.0 Å². The van der Waals surface area contributed by atoms with E-state index >= 15 is 0 Å². The molecule has 0 bridgehead atoms. The fourth-order valence-electron chi connectivity index (χ4n) is 3.05. The highest BCUT2D eigenvalue weighted by Crippen LogP contribution is 2.16. The lowest BCUT2D eigenvalue weighted by atomic mass is 10.1. The molecule has 7 heteroatoms. The van der Waals surface area contributed by atoms with Gasteiger partial charge in [0.2, 0.25) is 0 Å². The third-order valence-electron chi connectivity index (χ3n) is 4.35. The topological polar surface area (TPSA) is 63.9 Å². The highest BCUT2D eigenvalue weighted by Gasteiger charge is 2.24. The molecule has 1 aromatic heterocycles. The van der Waals surface area contributed by atoms with Crippen molar-refractivity contribution < 1.29 is 9.47 Å². The highest BCUT2D eigenvalue weighted by molar-refractivity contribution is 5.80. The van der Waals surface area contributed by atoms with Crippen LogP contribution in [0.25, 0.3) is 0 Å². The summed E-state index contributed by atoms with van der Waals surface area (Å²) in [6, 6.07) is 0. The van der Waals surface area contributed by atoms with Gasteiger partial charge in [-0.1, -0.05) is 0 Å². The predicted octanol–water partition coefficient (Wildman–Crippen LogP) is 1.30. The Morgan fingerprint density at radius 2 is 2.32 bits per heavy atom. The van der Waals surface area contributed by atoms with Crippen molar-refractivity contribution in [2.75, 3.05) is 53.1 Å². The molecule has 0 saturated carbocycles. The van der Waals surface area contributed by atoms with Gasteiger partial charge in [-0.05, 0) is 31.7 Å². The number of likely N-dealkylation sites (tertiary alicyclic amines) is 1. The number of aromatic nitrogens is 2. The van der Waals surface area contributed by atoms with Gasteiger partial charge in [0, 0.05) is 52.5 Å². The molecule has 25 heavy (non-hydrogen) atoms. The van der Waals surface area contributed by atoms with Gasteiger partial charge in [0.15, 0.2) is 5.96 Å². The van der Waals surface area contributed by atoms with E-state index in [-0.39, 0.29) is 0 Å². The molecule has 0 aromatic carbocycles. The summed E-state index contributed by atoms with van der Waals surface area (Å²) in [6.07, 6.45) is 7.23. The van der Waals surface area contributed by atoms with E-state index in [4.69, 9.17) is 14.5 Å². The predicted molar refractivity (Wildman–Crippen MR) is 99.9 cm³/mol. The third kappa shape index (κ3) is 7.04. The summed E-state index contributed by atoms with van der Waals surface area (Å²) >= 11 is 0. The fourth-order valence-corrected chi connectivity index (χ4v) is 3.05. The Kier molecular flexibility index (Phi) is 8.76. The lowest BCUT2D eigenvalue weighted by Gasteiger charge is -2.21. The monoisotopic (exact) mass is 351 g/mol. The first kappa shape index (κ1) is 19.7. The Hall–Kier alpha value is -1.60. The number of aliphatic imine (C=N–C) groups is 1.